The first-order valence-electron chi connectivity index (χ1n) is 6.23. The quantitative estimate of drug-likeness (QED) is 0.744. The maximum Gasteiger partial charge on any atom is 0.222 e. The maximum atomic E-state index is 11.4. The summed E-state index contributed by atoms with van der Waals surface area (Å²) < 4.78 is 0. The second kappa shape index (κ2) is 6.86. The average molecular weight is 227 g/mol. The van der Waals surface area contributed by atoms with Gasteiger partial charge in [-0.15, -0.1) is 0 Å². The molecular formula is C12H25N3O. The molecule has 0 saturated carbocycles. The van der Waals surface area contributed by atoms with Crippen LogP contribution in [0.1, 0.15) is 25.7 Å². The Morgan fingerprint density at radius 1 is 1.38 bits per heavy atom. The Labute approximate surface area is 99.0 Å². The van der Waals surface area contributed by atoms with Crippen LogP contribution in [0.3, 0.4) is 0 Å². The van der Waals surface area contributed by atoms with Crippen molar-refractivity contribution in [3.8, 4) is 0 Å². The van der Waals surface area contributed by atoms with Gasteiger partial charge in [-0.05, 0) is 45.9 Å². The third-order valence-electron chi connectivity index (χ3n) is 3.36. The summed E-state index contributed by atoms with van der Waals surface area (Å²) in [5, 5.41) is 3.33. The van der Waals surface area contributed by atoms with Crippen LogP contribution in [0.5, 0.6) is 0 Å². The number of piperidine rings is 1. The predicted molar refractivity (Wildman–Crippen MR) is 66.4 cm³/mol. The van der Waals surface area contributed by atoms with E-state index < -0.39 is 0 Å². The van der Waals surface area contributed by atoms with Gasteiger partial charge in [0.05, 0.1) is 0 Å². The number of hydrogen-bond donors (Lipinski definition) is 1. The number of nitrogens with zero attached hydrogens (tertiary/aromatic N) is 2. The third kappa shape index (κ3) is 4.49. The standard InChI is InChI=1S/C12H25N3O/c1-13-11-6-9-15(10-7-11)8-4-5-12(16)14(2)3/h11,13H,4-10H2,1-3H3. The summed E-state index contributed by atoms with van der Waals surface area (Å²) in [6.45, 7) is 3.40. The van der Waals surface area contributed by atoms with Crippen LogP contribution in [0.2, 0.25) is 0 Å². The molecule has 0 aromatic carbocycles. The lowest BCUT2D eigenvalue weighted by molar-refractivity contribution is -0.128. The van der Waals surface area contributed by atoms with Gasteiger partial charge in [-0.1, -0.05) is 0 Å². The van der Waals surface area contributed by atoms with Crippen molar-refractivity contribution in [3.63, 3.8) is 0 Å². The number of carbonyl (C=O) groups is 1. The van der Waals surface area contributed by atoms with E-state index in [0.717, 1.165) is 13.0 Å². The molecule has 0 radical (unpaired) electrons. The summed E-state index contributed by atoms with van der Waals surface area (Å²) in [5.41, 5.74) is 0. The number of likely N-dealkylation sites (tertiary alicyclic amines) is 1. The molecule has 0 spiro atoms. The molecule has 4 nitrogen and oxygen atoms in total. The highest BCUT2D eigenvalue weighted by atomic mass is 16.2. The van der Waals surface area contributed by atoms with Crippen LogP contribution in [0.25, 0.3) is 0 Å². The maximum absolute atomic E-state index is 11.4. The van der Waals surface area contributed by atoms with Crippen molar-refractivity contribution in [2.45, 2.75) is 31.7 Å². The molecule has 0 bridgehead atoms. The zero-order chi connectivity index (χ0) is 12.0. The zero-order valence-electron chi connectivity index (χ0n) is 10.8. The highest BCUT2D eigenvalue weighted by Crippen LogP contribution is 2.10. The Morgan fingerprint density at radius 2 is 2.00 bits per heavy atom. The molecule has 0 unspecified atom stereocenters. The predicted octanol–water partition coefficient (Wildman–Crippen LogP) is 0.539. The van der Waals surface area contributed by atoms with Gasteiger partial charge in [0, 0.05) is 26.6 Å². The Bertz CT molecular complexity index is 210. The summed E-state index contributed by atoms with van der Waals surface area (Å²) in [5.74, 6) is 0.241. The molecule has 1 rings (SSSR count). The average Bonchev–Trinajstić information content (AvgIpc) is 2.29. The lowest BCUT2D eigenvalue weighted by Crippen LogP contribution is -2.41. The van der Waals surface area contributed by atoms with Gasteiger partial charge in [0.25, 0.3) is 0 Å². The number of rotatable bonds is 5. The summed E-state index contributed by atoms with van der Waals surface area (Å²) in [7, 11) is 5.68. The minimum atomic E-state index is 0.241. The summed E-state index contributed by atoms with van der Waals surface area (Å²) >= 11 is 0. The molecule has 0 aromatic rings. The molecule has 1 fully saturated rings. The first-order valence-corrected chi connectivity index (χ1v) is 6.23. The van der Waals surface area contributed by atoms with Crippen LogP contribution in [0, 0.1) is 0 Å². The van der Waals surface area contributed by atoms with Gasteiger partial charge >= 0.3 is 0 Å². The lowest BCUT2D eigenvalue weighted by Gasteiger charge is -2.31. The van der Waals surface area contributed by atoms with Crippen LogP contribution in [0.4, 0.5) is 0 Å². The van der Waals surface area contributed by atoms with Gasteiger partial charge in [-0.3, -0.25) is 4.79 Å². The van der Waals surface area contributed by atoms with E-state index in [0.29, 0.717) is 12.5 Å². The van der Waals surface area contributed by atoms with Gasteiger partial charge in [0.15, 0.2) is 0 Å². The number of hydrogen-bond acceptors (Lipinski definition) is 3. The fourth-order valence-corrected chi connectivity index (χ4v) is 2.12. The zero-order valence-corrected chi connectivity index (χ0v) is 10.8. The molecule has 0 aliphatic carbocycles. The van der Waals surface area contributed by atoms with Gasteiger partial charge in [-0.25, -0.2) is 0 Å². The van der Waals surface area contributed by atoms with E-state index in [-0.39, 0.29) is 5.91 Å². The summed E-state index contributed by atoms with van der Waals surface area (Å²) in [4.78, 5) is 15.5. The molecule has 1 heterocycles. The van der Waals surface area contributed by atoms with Crippen LogP contribution >= 0.6 is 0 Å². The van der Waals surface area contributed by atoms with E-state index in [2.05, 4.69) is 10.2 Å². The Balaban J connectivity index is 2.08. The number of nitrogens with one attached hydrogen (secondary N) is 1. The van der Waals surface area contributed by atoms with Crippen molar-refractivity contribution < 1.29 is 4.79 Å². The van der Waals surface area contributed by atoms with Crippen molar-refractivity contribution in [2.24, 2.45) is 0 Å². The Morgan fingerprint density at radius 3 is 2.50 bits per heavy atom. The van der Waals surface area contributed by atoms with Crippen LogP contribution in [0.15, 0.2) is 0 Å². The monoisotopic (exact) mass is 227 g/mol. The van der Waals surface area contributed by atoms with E-state index in [1.165, 1.54) is 25.9 Å². The largest absolute Gasteiger partial charge is 0.349 e. The third-order valence-corrected chi connectivity index (χ3v) is 3.36. The molecular weight excluding hydrogens is 202 g/mol. The molecule has 0 atom stereocenters. The van der Waals surface area contributed by atoms with Crippen molar-refractivity contribution >= 4 is 5.91 Å². The SMILES string of the molecule is CNC1CCN(CCCC(=O)N(C)C)CC1. The molecule has 1 saturated heterocycles. The minimum Gasteiger partial charge on any atom is -0.349 e. The molecule has 4 heteroatoms. The molecule has 16 heavy (non-hydrogen) atoms. The van der Waals surface area contributed by atoms with Crippen LogP contribution in [-0.2, 0) is 4.79 Å². The Kier molecular flexibility index (Phi) is 5.77. The summed E-state index contributed by atoms with van der Waals surface area (Å²) in [6.07, 6.45) is 4.14. The number of amides is 1. The number of carbonyl (C=O) groups excluding carboxylic acids is 1. The fraction of sp³-hybridized carbons (Fsp3) is 0.917. The highest BCUT2D eigenvalue weighted by Gasteiger charge is 2.17. The second-order valence-electron chi connectivity index (χ2n) is 4.80. The van der Waals surface area contributed by atoms with Crippen molar-refractivity contribution in [2.75, 3.05) is 40.8 Å². The fourth-order valence-electron chi connectivity index (χ4n) is 2.12. The summed E-state index contributed by atoms with van der Waals surface area (Å²) in [6, 6.07) is 0.694. The van der Waals surface area contributed by atoms with E-state index >= 15 is 0 Å². The van der Waals surface area contributed by atoms with Gasteiger partial charge in [0.1, 0.15) is 0 Å². The first-order chi connectivity index (χ1) is 7.63. The molecule has 1 N–H and O–H groups in total. The lowest BCUT2D eigenvalue weighted by atomic mass is 10.1. The highest BCUT2D eigenvalue weighted by molar-refractivity contribution is 5.75. The van der Waals surface area contributed by atoms with Gasteiger partial charge in [-0.2, -0.15) is 0 Å². The minimum absolute atomic E-state index is 0.241. The van der Waals surface area contributed by atoms with E-state index in [9.17, 15) is 4.79 Å². The molecule has 94 valence electrons. The Hall–Kier alpha value is -0.610. The van der Waals surface area contributed by atoms with Crippen molar-refractivity contribution in [1.82, 2.24) is 15.1 Å². The van der Waals surface area contributed by atoms with Crippen molar-refractivity contribution in [1.29, 1.82) is 0 Å². The molecule has 1 aliphatic heterocycles. The topological polar surface area (TPSA) is 35.6 Å². The van der Waals surface area contributed by atoms with Crippen LogP contribution < -0.4 is 5.32 Å². The molecule has 1 amide bonds. The van der Waals surface area contributed by atoms with Crippen molar-refractivity contribution in [3.05, 3.63) is 0 Å². The van der Waals surface area contributed by atoms with Crippen LogP contribution in [-0.4, -0.2) is 62.5 Å². The smallest absolute Gasteiger partial charge is 0.222 e. The normalized spacial score (nSPS) is 18.7. The first kappa shape index (κ1) is 13.5. The molecule has 1 aliphatic rings. The van der Waals surface area contributed by atoms with E-state index in [1.54, 1.807) is 4.90 Å². The van der Waals surface area contributed by atoms with E-state index in [1.807, 2.05) is 21.1 Å². The molecule has 0 aromatic heterocycles. The second-order valence-corrected chi connectivity index (χ2v) is 4.80. The van der Waals surface area contributed by atoms with Gasteiger partial charge < -0.3 is 15.1 Å². The van der Waals surface area contributed by atoms with Gasteiger partial charge in [0.2, 0.25) is 5.91 Å². The van der Waals surface area contributed by atoms with E-state index in [4.69, 9.17) is 0 Å².